The molecule has 1 atom stereocenters. The molecule has 0 saturated heterocycles. The molecule has 26 heavy (non-hydrogen) atoms. The van der Waals surface area contributed by atoms with Crippen LogP contribution in [0.1, 0.15) is 42.8 Å². The minimum absolute atomic E-state index is 0.00000243. The fraction of sp³-hybridized carbons (Fsp3) is 0.444. The van der Waals surface area contributed by atoms with Gasteiger partial charge in [0.25, 0.3) is 5.69 Å². The third kappa shape index (κ3) is 4.19. The summed E-state index contributed by atoms with van der Waals surface area (Å²) < 4.78 is 0.484. The number of aldehydes is 1. The van der Waals surface area contributed by atoms with Gasteiger partial charge in [0.15, 0.2) is 6.29 Å². The SMILES string of the molecule is CCCCC(C)N=CNc1c(C=O)sc2c([N+](=O)[O-])ccc(N(C)C)c12. The van der Waals surface area contributed by atoms with Gasteiger partial charge in [-0.05, 0) is 19.4 Å². The number of nitrogens with one attached hydrogen (secondary N) is 1. The second-order valence-corrected chi connectivity index (χ2v) is 7.38. The largest absolute Gasteiger partial charge is 0.377 e. The number of aliphatic imine (C=N–C) groups is 1. The molecule has 1 heterocycles. The molecule has 0 aliphatic heterocycles. The number of thiophene rings is 1. The van der Waals surface area contributed by atoms with Gasteiger partial charge in [-0.3, -0.25) is 19.9 Å². The second-order valence-electron chi connectivity index (χ2n) is 6.33. The van der Waals surface area contributed by atoms with Crippen molar-refractivity contribution in [1.82, 2.24) is 0 Å². The quantitative estimate of drug-likeness (QED) is 0.225. The maximum absolute atomic E-state index is 11.5. The number of rotatable bonds is 9. The van der Waals surface area contributed by atoms with Crippen molar-refractivity contribution in [2.24, 2.45) is 4.99 Å². The molecule has 0 bridgehead atoms. The molecule has 1 aromatic heterocycles. The maximum atomic E-state index is 11.5. The number of nitro benzene ring substituents is 1. The van der Waals surface area contributed by atoms with Crippen LogP contribution in [0.4, 0.5) is 17.1 Å². The van der Waals surface area contributed by atoms with E-state index < -0.39 is 4.92 Å². The van der Waals surface area contributed by atoms with Gasteiger partial charge in [0.2, 0.25) is 0 Å². The highest BCUT2D eigenvalue weighted by molar-refractivity contribution is 7.22. The summed E-state index contributed by atoms with van der Waals surface area (Å²) in [5.74, 6) is 0. The number of carbonyl (C=O) groups excluding carboxylic acids is 1. The van der Waals surface area contributed by atoms with Crippen molar-refractivity contribution < 1.29 is 9.72 Å². The van der Waals surface area contributed by atoms with Crippen molar-refractivity contribution in [3.8, 4) is 0 Å². The first kappa shape index (κ1) is 19.8. The first-order valence-electron chi connectivity index (χ1n) is 8.55. The van der Waals surface area contributed by atoms with Crippen LogP contribution in [0.2, 0.25) is 0 Å². The zero-order chi connectivity index (χ0) is 19.3. The van der Waals surface area contributed by atoms with E-state index in [1.165, 1.54) is 6.07 Å². The zero-order valence-electron chi connectivity index (χ0n) is 15.5. The van der Waals surface area contributed by atoms with Crippen LogP contribution in [0.5, 0.6) is 0 Å². The van der Waals surface area contributed by atoms with Gasteiger partial charge in [-0.15, -0.1) is 11.3 Å². The van der Waals surface area contributed by atoms with Crippen LogP contribution in [0.15, 0.2) is 17.1 Å². The van der Waals surface area contributed by atoms with Gasteiger partial charge in [-0.25, -0.2) is 0 Å². The first-order valence-corrected chi connectivity index (χ1v) is 9.36. The van der Waals surface area contributed by atoms with Gasteiger partial charge < -0.3 is 10.2 Å². The van der Waals surface area contributed by atoms with E-state index in [1.807, 2.05) is 25.9 Å². The van der Waals surface area contributed by atoms with Crippen LogP contribution in [-0.4, -0.2) is 37.7 Å². The average molecular weight is 376 g/mol. The first-order chi connectivity index (χ1) is 12.4. The van der Waals surface area contributed by atoms with Gasteiger partial charge in [-0.1, -0.05) is 19.8 Å². The summed E-state index contributed by atoms with van der Waals surface area (Å²) in [6, 6.07) is 3.36. The minimum atomic E-state index is -0.419. The molecule has 0 aliphatic rings. The number of nitrogens with zero attached hydrogens (tertiary/aromatic N) is 3. The molecule has 1 aromatic carbocycles. The Labute approximate surface area is 156 Å². The van der Waals surface area contributed by atoms with E-state index >= 15 is 0 Å². The number of fused-ring (bicyclic) bond motifs is 1. The Kier molecular flexibility index (Phi) is 6.68. The lowest BCUT2D eigenvalue weighted by Crippen LogP contribution is -2.10. The number of non-ortho nitro benzene ring substituents is 1. The normalized spacial score (nSPS) is 12.5. The molecule has 8 heteroatoms. The van der Waals surface area contributed by atoms with Gasteiger partial charge in [-0.2, -0.15) is 0 Å². The van der Waals surface area contributed by atoms with Gasteiger partial charge >= 0.3 is 0 Å². The summed E-state index contributed by atoms with van der Waals surface area (Å²) in [6.45, 7) is 4.18. The Balaban J connectivity index is 2.50. The number of unbranched alkanes of at least 4 members (excludes halogenated alkanes) is 1. The van der Waals surface area contributed by atoms with Crippen molar-refractivity contribution in [1.29, 1.82) is 0 Å². The fourth-order valence-corrected chi connectivity index (χ4v) is 3.82. The molecule has 1 unspecified atom stereocenters. The van der Waals surface area contributed by atoms with Crippen molar-refractivity contribution in [3.05, 3.63) is 27.1 Å². The Morgan fingerprint density at radius 2 is 2.15 bits per heavy atom. The highest BCUT2D eigenvalue weighted by Gasteiger charge is 2.23. The van der Waals surface area contributed by atoms with Crippen LogP contribution in [-0.2, 0) is 0 Å². The number of nitro groups is 1. The van der Waals surface area contributed by atoms with Crippen LogP contribution in [0.25, 0.3) is 10.1 Å². The van der Waals surface area contributed by atoms with Crippen LogP contribution in [0.3, 0.4) is 0 Å². The van der Waals surface area contributed by atoms with Crippen molar-refractivity contribution in [2.45, 2.75) is 39.2 Å². The standard InChI is InChI=1S/C18H24N4O3S/c1-5-6-7-12(2)19-11-20-17-15(10-23)26-18-14(22(24)25)9-8-13(16(17)18)21(3)4/h8-12H,5-7H2,1-4H3,(H,19,20). The third-order valence-corrected chi connectivity index (χ3v) is 5.26. The summed E-state index contributed by atoms with van der Waals surface area (Å²) in [5.41, 5.74) is 1.38. The van der Waals surface area contributed by atoms with Crippen LogP contribution >= 0.6 is 11.3 Å². The lowest BCUT2D eigenvalue weighted by Gasteiger charge is -2.15. The number of anilines is 2. The molecule has 1 N–H and O–H groups in total. The smallest absolute Gasteiger partial charge is 0.287 e. The molecule has 0 fully saturated rings. The summed E-state index contributed by atoms with van der Waals surface area (Å²) in [4.78, 5) is 29.2. The van der Waals surface area contributed by atoms with E-state index in [1.54, 1.807) is 12.4 Å². The van der Waals surface area contributed by atoms with Crippen LogP contribution < -0.4 is 10.2 Å². The fourth-order valence-electron chi connectivity index (χ4n) is 2.74. The van der Waals surface area contributed by atoms with E-state index in [9.17, 15) is 14.9 Å². The molecule has 140 valence electrons. The van der Waals surface area contributed by atoms with Gasteiger partial charge in [0, 0.05) is 37.3 Å². The molecular formula is C18H24N4O3S. The summed E-state index contributed by atoms with van der Waals surface area (Å²) in [5, 5.41) is 15.1. The van der Waals surface area contributed by atoms with E-state index in [2.05, 4.69) is 17.2 Å². The van der Waals surface area contributed by atoms with Gasteiger partial charge in [0.1, 0.15) is 4.70 Å². The maximum Gasteiger partial charge on any atom is 0.287 e. The molecule has 7 nitrogen and oxygen atoms in total. The highest BCUT2D eigenvalue weighted by Crippen LogP contribution is 2.44. The summed E-state index contributed by atoms with van der Waals surface area (Å²) >= 11 is 1.12. The monoisotopic (exact) mass is 376 g/mol. The van der Waals surface area contributed by atoms with Crippen molar-refractivity contribution in [2.75, 3.05) is 24.3 Å². The van der Waals surface area contributed by atoms with E-state index in [4.69, 9.17) is 0 Å². The lowest BCUT2D eigenvalue weighted by molar-refractivity contribution is -0.382. The molecule has 0 amide bonds. The third-order valence-electron chi connectivity index (χ3n) is 4.12. The Hall–Kier alpha value is -2.48. The van der Waals surface area contributed by atoms with Crippen molar-refractivity contribution in [3.63, 3.8) is 0 Å². The molecular weight excluding hydrogens is 352 g/mol. The minimum Gasteiger partial charge on any atom is -0.377 e. The lowest BCUT2D eigenvalue weighted by atomic mass is 10.1. The summed E-state index contributed by atoms with van der Waals surface area (Å²) in [6.07, 6.45) is 5.54. The Bertz CT molecular complexity index is 829. The molecule has 0 aliphatic carbocycles. The predicted molar refractivity (Wildman–Crippen MR) is 109 cm³/mol. The predicted octanol–water partition coefficient (Wildman–Crippen LogP) is 4.71. The number of hydrogen-bond acceptors (Lipinski definition) is 6. The highest BCUT2D eigenvalue weighted by atomic mass is 32.1. The molecule has 0 radical (unpaired) electrons. The topological polar surface area (TPSA) is 87.8 Å². The van der Waals surface area contributed by atoms with E-state index in [-0.39, 0.29) is 11.7 Å². The molecule has 2 aromatic rings. The van der Waals surface area contributed by atoms with Gasteiger partial charge in [0.05, 0.1) is 21.8 Å². The number of hydrogen-bond donors (Lipinski definition) is 1. The van der Waals surface area contributed by atoms with Crippen molar-refractivity contribution >= 4 is 51.1 Å². The molecule has 2 rings (SSSR count). The van der Waals surface area contributed by atoms with E-state index in [0.29, 0.717) is 20.7 Å². The number of carbonyl (C=O) groups is 1. The average Bonchev–Trinajstić information content (AvgIpc) is 2.97. The zero-order valence-corrected chi connectivity index (χ0v) is 16.3. The van der Waals surface area contributed by atoms with Crippen LogP contribution in [0, 0.1) is 10.1 Å². The summed E-state index contributed by atoms with van der Waals surface area (Å²) in [7, 11) is 3.73. The molecule has 0 saturated carbocycles. The number of benzene rings is 1. The second kappa shape index (κ2) is 8.75. The van der Waals surface area contributed by atoms with E-state index in [0.717, 1.165) is 42.6 Å². The Morgan fingerprint density at radius 1 is 1.42 bits per heavy atom. The molecule has 0 spiro atoms. The Morgan fingerprint density at radius 3 is 2.73 bits per heavy atom.